The zero-order valence-electron chi connectivity index (χ0n) is 13.8. The standard InChI is InChI=1S/C20H16ClN3O2/c21-18-5-1-16(2-6-18)14-26-19-7-3-17(4-8-19)20(25)24-23-13-15-9-11-22-12-10-15/h1-13H,14H2,(H,24,25). The number of nitrogens with zero attached hydrogens (tertiary/aromatic N) is 2. The Labute approximate surface area is 156 Å². The van der Waals surface area contributed by atoms with Crippen LogP contribution < -0.4 is 10.2 Å². The molecule has 3 rings (SSSR count). The van der Waals surface area contributed by atoms with E-state index in [2.05, 4.69) is 15.5 Å². The molecule has 26 heavy (non-hydrogen) atoms. The molecule has 1 N–H and O–H groups in total. The highest BCUT2D eigenvalue weighted by molar-refractivity contribution is 6.30. The van der Waals surface area contributed by atoms with Gasteiger partial charge in [0.2, 0.25) is 0 Å². The molecule has 0 saturated heterocycles. The van der Waals surface area contributed by atoms with Gasteiger partial charge in [0.15, 0.2) is 0 Å². The monoisotopic (exact) mass is 365 g/mol. The van der Waals surface area contributed by atoms with E-state index in [1.807, 2.05) is 24.3 Å². The van der Waals surface area contributed by atoms with E-state index in [9.17, 15) is 4.79 Å². The summed E-state index contributed by atoms with van der Waals surface area (Å²) >= 11 is 5.86. The van der Waals surface area contributed by atoms with Crippen molar-refractivity contribution in [3.63, 3.8) is 0 Å². The summed E-state index contributed by atoms with van der Waals surface area (Å²) < 4.78 is 5.70. The number of carbonyl (C=O) groups excluding carboxylic acids is 1. The highest BCUT2D eigenvalue weighted by Gasteiger charge is 2.04. The van der Waals surface area contributed by atoms with E-state index in [0.717, 1.165) is 11.1 Å². The number of aromatic nitrogens is 1. The van der Waals surface area contributed by atoms with Crippen LogP contribution in [0.1, 0.15) is 21.5 Å². The first kappa shape index (κ1) is 17.6. The lowest BCUT2D eigenvalue weighted by atomic mass is 10.2. The number of ether oxygens (including phenoxy) is 1. The van der Waals surface area contributed by atoms with Gasteiger partial charge in [-0.3, -0.25) is 9.78 Å². The van der Waals surface area contributed by atoms with Crippen LogP contribution in [-0.2, 0) is 6.61 Å². The second-order valence-electron chi connectivity index (χ2n) is 5.42. The maximum atomic E-state index is 12.1. The van der Waals surface area contributed by atoms with Crippen LogP contribution in [0, 0.1) is 0 Å². The summed E-state index contributed by atoms with van der Waals surface area (Å²) in [7, 11) is 0. The first-order valence-electron chi connectivity index (χ1n) is 7.91. The lowest BCUT2D eigenvalue weighted by Gasteiger charge is -2.07. The number of halogens is 1. The van der Waals surface area contributed by atoms with Gasteiger partial charge < -0.3 is 4.74 Å². The van der Waals surface area contributed by atoms with Crippen LogP contribution in [0.5, 0.6) is 5.75 Å². The number of benzene rings is 2. The Balaban J connectivity index is 1.52. The molecule has 0 spiro atoms. The lowest BCUT2D eigenvalue weighted by Crippen LogP contribution is -2.17. The van der Waals surface area contributed by atoms with Crippen LogP contribution in [0.2, 0.25) is 5.02 Å². The molecule has 0 atom stereocenters. The van der Waals surface area contributed by atoms with Gasteiger partial charge in [-0.2, -0.15) is 5.10 Å². The van der Waals surface area contributed by atoms with Crippen molar-refractivity contribution in [2.45, 2.75) is 6.61 Å². The highest BCUT2D eigenvalue weighted by Crippen LogP contribution is 2.15. The van der Waals surface area contributed by atoms with Crippen molar-refractivity contribution in [2.24, 2.45) is 5.10 Å². The number of pyridine rings is 1. The van der Waals surface area contributed by atoms with Crippen molar-refractivity contribution in [3.05, 3.63) is 94.8 Å². The van der Waals surface area contributed by atoms with Crippen LogP contribution in [0.3, 0.4) is 0 Å². The van der Waals surface area contributed by atoms with Gasteiger partial charge in [0, 0.05) is 23.0 Å². The van der Waals surface area contributed by atoms with E-state index < -0.39 is 0 Å². The second kappa shape index (κ2) is 8.78. The number of nitrogens with one attached hydrogen (secondary N) is 1. The topological polar surface area (TPSA) is 63.6 Å². The highest BCUT2D eigenvalue weighted by atomic mass is 35.5. The van der Waals surface area contributed by atoms with Gasteiger partial charge in [-0.25, -0.2) is 5.43 Å². The third-order valence-electron chi connectivity index (χ3n) is 3.52. The number of hydrazone groups is 1. The molecule has 0 unspecified atom stereocenters. The molecule has 1 aromatic heterocycles. The molecule has 0 radical (unpaired) electrons. The van der Waals surface area contributed by atoms with Crippen molar-refractivity contribution < 1.29 is 9.53 Å². The Bertz CT molecular complexity index is 879. The molecule has 0 fully saturated rings. The fraction of sp³-hybridized carbons (Fsp3) is 0.0500. The summed E-state index contributed by atoms with van der Waals surface area (Å²) in [4.78, 5) is 16.0. The molecule has 2 aromatic carbocycles. The average Bonchev–Trinajstić information content (AvgIpc) is 2.69. The minimum Gasteiger partial charge on any atom is -0.489 e. The first-order valence-corrected chi connectivity index (χ1v) is 8.29. The normalized spacial score (nSPS) is 10.7. The number of hydrogen-bond acceptors (Lipinski definition) is 4. The molecule has 6 heteroatoms. The smallest absolute Gasteiger partial charge is 0.271 e. The summed E-state index contributed by atoms with van der Waals surface area (Å²) in [5, 5.41) is 4.62. The van der Waals surface area contributed by atoms with Crippen molar-refractivity contribution >= 4 is 23.7 Å². The van der Waals surface area contributed by atoms with E-state index in [4.69, 9.17) is 16.3 Å². The van der Waals surface area contributed by atoms with Gasteiger partial charge in [0.1, 0.15) is 12.4 Å². The molecule has 5 nitrogen and oxygen atoms in total. The summed E-state index contributed by atoms with van der Waals surface area (Å²) in [6.45, 7) is 0.430. The number of amides is 1. The average molecular weight is 366 g/mol. The van der Waals surface area contributed by atoms with Gasteiger partial charge in [-0.05, 0) is 59.7 Å². The van der Waals surface area contributed by atoms with Crippen molar-refractivity contribution in [1.29, 1.82) is 0 Å². The van der Waals surface area contributed by atoms with Gasteiger partial charge in [-0.1, -0.05) is 23.7 Å². The Morgan fingerprint density at radius 2 is 1.73 bits per heavy atom. The van der Waals surface area contributed by atoms with Crippen LogP contribution in [0.4, 0.5) is 0 Å². The minimum atomic E-state index is -0.292. The van der Waals surface area contributed by atoms with E-state index >= 15 is 0 Å². The SMILES string of the molecule is O=C(NN=Cc1ccncc1)c1ccc(OCc2ccc(Cl)cc2)cc1. The fourth-order valence-electron chi connectivity index (χ4n) is 2.13. The number of carbonyl (C=O) groups is 1. The van der Waals surface area contributed by atoms with Crippen LogP contribution in [0.15, 0.2) is 78.2 Å². The van der Waals surface area contributed by atoms with Gasteiger partial charge >= 0.3 is 0 Å². The Morgan fingerprint density at radius 3 is 2.42 bits per heavy atom. The quantitative estimate of drug-likeness (QED) is 0.529. The Kier molecular flexibility index (Phi) is 5.96. The summed E-state index contributed by atoms with van der Waals surface area (Å²) in [6, 6.07) is 17.9. The third kappa shape index (κ3) is 5.16. The maximum Gasteiger partial charge on any atom is 0.271 e. The minimum absolute atomic E-state index is 0.292. The summed E-state index contributed by atoms with van der Waals surface area (Å²) in [5.41, 5.74) is 4.85. The van der Waals surface area contributed by atoms with E-state index in [1.54, 1.807) is 55.0 Å². The first-order chi connectivity index (χ1) is 12.7. The molecule has 0 bridgehead atoms. The van der Waals surface area contributed by atoms with Gasteiger partial charge in [0.25, 0.3) is 5.91 Å². The zero-order chi connectivity index (χ0) is 18.2. The molecule has 1 heterocycles. The molecule has 0 aliphatic heterocycles. The predicted molar refractivity (Wildman–Crippen MR) is 102 cm³/mol. The largest absolute Gasteiger partial charge is 0.489 e. The number of hydrogen-bond donors (Lipinski definition) is 1. The molecule has 0 saturated carbocycles. The molecular formula is C20H16ClN3O2. The summed E-state index contributed by atoms with van der Waals surface area (Å²) in [5.74, 6) is 0.386. The lowest BCUT2D eigenvalue weighted by molar-refractivity contribution is 0.0955. The molecule has 0 aliphatic carbocycles. The van der Waals surface area contributed by atoms with Crippen LogP contribution in [-0.4, -0.2) is 17.1 Å². The fourth-order valence-corrected chi connectivity index (χ4v) is 2.26. The molecular weight excluding hydrogens is 350 g/mol. The number of rotatable bonds is 6. The molecule has 130 valence electrons. The third-order valence-corrected chi connectivity index (χ3v) is 3.77. The zero-order valence-corrected chi connectivity index (χ0v) is 14.6. The summed E-state index contributed by atoms with van der Waals surface area (Å²) in [6.07, 6.45) is 4.88. The van der Waals surface area contributed by atoms with Gasteiger partial charge in [-0.15, -0.1) is 0 Å². The maximum absolute atomic E-state index is 12.1. The van der Waals surface area contributed by atoms with Crippen LogP contribution in [0.25, 0.3) is 0 Å². The predicted octanol–water partition coefficient (Wildman–Crippen LogP) is 4.08. The molecule has 1 amide bonds. The second-order valence-corrected chi connectivity index (χ2v) is 5.86. The Hall–Kier alpha value is -3.18. The molecule has 0 aliphatic rings. The molecule has 3 aromatic rings. The van der Waals surface area contributed by atoms with Crippen molar-refractivity contribution in [2.75, 3.05) is 0 Å². The van der Waals surface area contributed by atoms with E-state index in [0.29, 0.717) is 22.9 Å². The van der Waals surface area contributed by atoms with E-state index in [-0.39, 0.29) is 5.91 Å². The van der Waals surface area contributed by atoms with E-state index in [1.165, 1.54) is 0 Å². The Morgan fingerprint density at radius 1 is 1.04 bits per heavy atom. The van der Waals surface area contributed by atoms with Crippen molar-refractivity contribution in [1.82, 2.24) is 10.4 Å². The van der Waals surface area contributed by atoms with Crippen LogP contribution >= 0.6 is 11.6 Å². The van der Waals surface area contributed by atoms with Gasteiger partial charge in [0.05, 0.1) is 6.21 Å². The van der Waals surface area contributed by atoms with Crippen molar-refractivity contribution in [3.8, 4) is 5.75 Å².